The summed E-state index contributed by atoms with van der Waals surface area (Å²) in [6.45, 7) is 6.27. The molecule has 106 valence electrons. The van der Waals surface area contributed by atoms with Crippen molar-refractivity contribution in [1.82, 2.24) is 0 Å². The van der Waals surface area contributed by atoms with E-state index in [0.29, 0.717) is 6.04 Å². The van der Waals surface area contributed by atoms with Gasteiger partial charge in [0.1, 0.15) is 5.75 Å². The zero-order valence-corrected chi connectivity index (χ0v) is 12.5. The van der Waals surface area contributed by atoms with Gasteiger partial charge in [-0.1, -0.05) is 37.3 Å². The molecule has 0 radical (unpaired) electrons. The summed E-state index contributed by atoms with van der Waals surface area (Å²) in [5.41, 5.74) is 2.44. The Morgan fingerprint density at radius 2 is 1.60 bits per heavy atom. The Bertz CT molecular complexity index is 505. The highest BCUT2D eigenvalue weighted by Gasteiger charge is 2.08. The maximum absolute atomic E-state index is 5.66. The number of rotatable bonds is 6. The predicted octanol–water partition coefficient (Wildman–Crippen LogP) is 5.04. The van der Waals surface area contributed by atoms with Gasteiger partial charge in [-0.3, -0.25) is 0 Å². The van der Waals surface area contributed by atoms with Gasteiger partial charge in [-0.05, 0) is 50.1 Å². The van der Waals surface area contributed by atoms with Crippen molar-refractivity contribution >= 4 is 5.69 Å². The van der Waals surface area contributed by atoms with Gasteiger partial charge in [0.25, 0.3) is 0 Å². The Kier molecular flexibility index (Phi) is 5.05. The van der Waals surface area contributed by atoms with Crippen LogP contribution in [-0.2, 0) is 0 Å². The molecule has 0 heterocycles. The van der Waals surface area contributed by atoms with Crippen molar-refractivity contribution in [2.45, 2.75) is 39.3 Å². The van der Waals surface area contributed by atoms with Crippen LogP contribution in [-0.4, -0.2) is 6.10 Å². The Labute approximate surface area is 121 Å². The smallest absolute Gasteiger partial charge is 0.119 e. The summed E-state index contributed by atoms with van der Waals surface area (Å²) in [6.07, 6.45) is 1.26. The second kappa shape index (κ2) is 6.99. The molecule has 0 saturated heterocycles. The molecule has 2 rings (SSSR count). The lowest BCUT2D eigenvalue weighted by Crippen LogP contribution is -2.09. The normalized spacial score (nSPS) is 12.2. The van der Waals surface area contributed by atoms with Gasteiger partial charge in [-0.25, -0.2) is 0 Å². The third-order valence-corrected chi connectivity index (χ3v) is 3.18. The van der Waals surface area contributed by atoms with Crippen molar-refractivity contribution in [2.24, 2.45) is 0 Å². The number of benzene rings is 2. The monoisotopic (exact) mass is 269 g/mol. The standard InChI is InChI=1S/C18H23NO/c1-4-18(15-8-6-5-7-9-15)19-16-10-12-17(13-11-16)20-14(2)3/h5-14,18-19H,4H2,1-3H3. The minimum atomic E-state index is 0.210. The van der Waals surface area contributed by atoms with Crippen LogP contribution in [0, 0.1) is 0 Å². The number of nitrogens with one attached hydrogen (secondary N) is 1. The van der Waals surface area contributed by atoms with E-state index in [1.54, 1.807) is 0 Å². The van der Waals surface area contributed by atoms with Crippen LogP contribution in [0.5, 0.6) is 5.75 Å². The highest BCUT2D eigenvalue weighted by molar-refractivity contribution is 5.48. The van der Waals surface area contributed by atoms with Gasteiger partial charge in [0.15, 0.2) is 0 Å². The van der Waals surface area contributed by atoms with E-state index >= 15 is 0 Å². The molecular formula is C18H23NO. The average molecular weight is 269 g/mol. The van der Waals surface area contributed by atoms with Crippen molar-refractivity contribution in [2.75, 3.05) is 5.32 Å². The van der Waals surface area contributed by atoms with Crippen LogP contribution in [0.15, 0.2) is 54.6 Å². The molecule has 0 spiro atoms. The molecule has 0 amide bonds. The van der Waals surface area contributed by atoms with Crippen molar-refractivity contribution in [3.8, 4) is 5.75 Å². The summed E-state index contributed by atoms with van der Waals surface area (Å²) in [5.74, 6) is 0.915. The van der Waals surface area contributed by atoms with Crippen LogP contribution in [0.4, 0.5) is 5.69 Å². The zero-order chi connectivity index (χ0) is 14.4. The summed E-state index contributed by atoms with van der Waals surface area (Å²) in [7, 11) is 0. The lowest BCUT2D eigenvalue weighted by Gasteiger charge is -2.19. The molecule has 2 heteroatoms. The Morgan fingerprint density at radius 1 is 0.950 bits per heavy atom. The van der Waals surface area contributed by atoms with Crippen LogP contribution >= 0.6 is 0 Å². The van der Waals surface area contributed by atoms with E-state index in [1.807, 2.05) is 32.0 Å². The van der Waals surface area contributed by atoms with Gasteiger partial charge in [-0.15, -0.1) is 0 Å². The summed E-state index contributed by atoms with van der Waals surface area (Å²) in [4.78, 5) is 0. The molecule has 0 aliphatic heterocycles. The lowest BCUT2D eigenvalue weighted by molar-refractivity contribution is 0.242. The molecule has 1 atom stereocenters. The van der Waals surface area contributed by atoms with Crippen molar-refractivity contribution < 1.29 is 4.74 Å². The molecule has 0 fully saturated rings. The van der Waals surface area contributed by atoms with E-state index in [2.05, 4.69) is 48.6 Å². The Hall–Kier alpha value is -1.96. The molecule has 20 heavy (non-hydrogen) atoms. The summed E-state index contributed by atoms with van der Waals surface area (Å²) < 4.78 is 5.66. The first kappa shape index (κ1) is 14.4. The molecular weight excluding hydrogens is 246 g/mol. The number of hydrogen-bond acceptors (Lipinski definition) is 2. The Balaban J connectivity index is 2.05. The van der Waals surface area contributed by atoms with Crippen LogP contribution in [0.25, 0.3) is 0 Å². The molecule has 0 saturated carbocycles. The molecule has 0 bridgehead atoms. The lowest BCUT2D eigenvalue weighted by atomic mass is 10.0. The quantitative estimate of drug-likeness (QED) is 0.793. The first-order chi connectivity index (χ1) is 9.69. The summed E-state index contributed by atoms with van der Waals surface area (Å²) in [6, 6.07) is 19.1. The van der Waals surface area contributed by atoms with Crippen LogP contribution in [0.1, 0.15) is 38.8 Å². The fourth-order valence-electron chi connectivity index (χ4n) is 2.21. The summed E-state index contributed by atoms with van der Waals surface area (Å²) >= 11 is 0. The van der Waals surface area contributed by atoms with Gasteiger partial charge in [-0.2, -0.15) is 0 Å². The first-order valence-electron chi connectivity index (χ1n) is 7.27. The van der Waals surface area contributed by atoms with E-state index in [-0.39, 0.29) is 6.10 Å². The first-order valence-corrected chi connectivity index (χ1v) is 7.27. The highest BCUT2D eigenvalue weighted by atomic mass is 16.5. The third kappa shape index (κ3) is 4.02. The van der Waals surface area contributed by atoms with Gasteiger partial charge in [0.05, 0.1) is 12.1 Å². The van der Waals surface area contributed by atoms with E-state index in [1.165, 1.54) is 5.56 Å². The largest absolute Gasteiger partial charge is 0.491 e. The average Bonchev–Trinajstić information content (AvgIpc) is 2.47. The third-order valence-electron chi connectivity index (χ3n) is 3.18. The van der Waals surface area contributed by atoms with Gasteiger partial charge < -0.3 is 10.1 Å². The molecule has 0 aliphatic carbocycles. The molecule has 2 nitrogen and oxygen atoms in total. The van der Waals surface area contributed by atoms with Crippen LogP contribution in [0.3, 0.4) is 0 Å². The van der Waals surface area contributed by atoms with Crippen molar-refractivity contribution in [3.63, 3.8) is 0 Å². The maximum atomic E-state index is 5.66. The summed E-state index contributed by atoms with van der Waals surface area (Å²) in [5, 5.41) is 3.57. The minimum Gasteiger partial charge on any atom is -0.491 e. The van der Waals surface area contributed by atoms with Crippen LogP contribution in [0.2, 0.25) is 0 Å². The van der Waals surface area contributed by atoms with E-state index < -0.39 is 0 Å². The SMILES string of the molecule is CCC(Nc1ccc(OC(C)C)cc1)c1ccccc1. The van der Waals surface area contributed by atoms with E-state index in [4.69, 9.17) is 4.74 Å². The fraction of sp³-hybridized carbons (Fsp3) is 0.333. The van der Waals surface area contributed by atoms with Gasteiger partial charge in [0, 0.05) is 5.69 Å². The van der Waals surface area contributed by atoms with Crippen molar-refractivity contribution in [1.29, 1.82) is 0 Å². The topological polar surface area (TPSA) is 21.3 Å². The molecule has 1 N–H and O–H groups in total. The zero-order valence-electron chi connectivity index (χ0n) is 12.5. The molecule has 0 aliphatic rings. The molecule has 0 aromatic heterocycles. The number of ether oxygens (including phenoxy) is 1. The molecule has 2 aromatic carbocycles. The van der Waals surface area contributed by atoms with Crippen molar-refractivity contribution in [3.05, 3.63) is 60.2 Å². The van der Waals surface area contributed by atoms with E-state index in [9.17, 15) is 0 Å². The highest BCUT2D eigenvalue weighted by Crippen LogP contribution is 2.24. The van der Waals surface area contributed by atoms with Crippen LogP contribution < -0.4 is 10.1 Å². The van der Waals surface area contributed by atoms with Gasteiger partial charge >= 0.3 is 0 Å². The number of hydrogen-bond donors (Lipinski definition) is 1. The number of anilines is 1. The predicted molar refractivity (Wildman–Crippen MR) is 85.3 cm³/mol. The fourth-order valence-corrected chi connectivity index (χ4v) is 2.21. The Morgan fingerprint density at radius 3 is 2.15 bits per heavy atom. The second-order valence-electron chi connectivity index (χ2n) is 5.21. The van der Waals surface area contributed by atoms with E-state index in [0.717, 1.165) is 17.9 Å². The molecule has 2 aromatic rings. The molecule has 1 unspecified atom stereocenters. The minimum absolute atomic E-state index is 0.210. The maximum Gasteiger partial charge on any atom is 0.119 e. The second-order valence-corrected chi connectivity index (χ2v) is 5.21. The van der Waals surface area contributed by atoms with Gasteiger partial charge in [0.2, 0.25) is 0 Å².